The third kappa shape index (κ3) is 8.07. The molecule has 1 aromatic carbocycles. The fourth-order valence-corrected chi connectivity index (χ4v) is 3.00. The molecule has 1 aromatic rings. The van der Waals surface area contributed by atoms with Gasteiger partial charge in [-0.05, 0) is 30.9 Å². The summed E-state index contributed by atoms with van der Waals surface area (Å²) in [6.45, 7) is 6.44. The molecule has 0 bridgehead atoms. The number of carboxylic acids is 2. The van der Waals surface area contributed by atoms with Gasteiger partial charge in [-0.1, -0.05) is 56.2 Å². The maximum absolute atomic E-state index is 12.3. The van der Waals surface area contributed by atoms with Crippen molar-refractivity contribution in [2.45, 2.75) is 52.1 Å². The number of benzene rings is 1. The average Bonchev–Trinajstić information content (AvgIpc) is 2.70. The molecule has 0 amide bonds. The summed E-state index contributed by atoms with van der Waals surface area (Å²) < 4.78 is 10.4. The molecule has 0 aliphatic carbocycles. The standard InChI is InChI=1S/C22H30O7/c1-3-28-14-10-5-4-9-13-22(21(26)27,17(2)20(24)25)15-19(23)29-16-18-11-7-6-8-12-18/h6-8,11-12H,2-5,9-10,13-16H2,1H3,(H,24,25)(H,26,27)/p-2. The Morgan fingerprint density at radius 2 is 1.69 bits per heavy atom. The van der Waals surface area contributed by atoms with Gasteiger partial charge in [0.15, 0.2) is 0 Å². The Balaban J connectivity index is 2.75. The number of carboxylic acid groups (broad SMARTS) is 2. The average molecular weight is 404 g/mol. The van der Waals surface area contributed by atoms with Crippen molar-refractivity contribution >= 4 is 17.9 Å². The number of unbranched alkanes of at least 4 members (excludes halogenated alkanes) is 3. The lowest BCUT2D eigenvalue weighted by molar-refractivity contribution is -0.322. The van der Waals surface area contributed by atoms with Gasteiger partial charge in [0.25, 0.3) is 0 Å². The number of aliphatic carboxylic acids is 2. The second-order valence-corrected chi connectivity index (χ2v) is 6.82. The van der Waals surface area contributed by atoms with E-state index in [0.29, 0.717) is 26.1 Å². The molecule has 0 aromatic heterocycles. The number of carbonyl (C=O) groups is 3. The monoisotopic (exact) mass is 404 g/mol. The van der Waals surface area contributed by atoms with E-state index in [0.717, 1.165) is 18.4 Å². The van der Waals surface area contributed by atoms with Gasteiger partial charge in [-0.3, -0.25) is 4.79 Å². The Hall–Kier alpha value is -2.67. The maximum atomic E-state index is 12.3. The van der Waals surface area contributed by atoms with Crippen LogP contribution >= 0.6 is 0 Å². The van der Waals surface area contributed by atoms with Gasteiger partial charge in [0.05, 0.1) is 18.4 Å². The van der Waals surface area contributed by atoms with Gasteiger partial charge in [-0.25, -0.2) is 0 Å². The quantitative estimate of drug-likeness (QED) is 0.245. The molecule has 1 unspecified atom stereocenters. The van der Waals surface area contributed by atoms with Crippen molar-refractivity contribution < 1.29 is 34.1 Å². The Kier molecular flexibility index (Phi) is 10.7. The zero-order valence-electron chi connectivity index (χ0n) is 16.8. The summed E-state index contributed by atoms with van der Waals surface area (Å²) in [6, 6.07) is 8.87. The van der Waals surface area contributed by atoms with Gasteiger partial charge in [0.1, 0.15) is 6.61 Å². The smallest absolute Gasteiger partial charge is 0.307 e. The summed E-state index contributed by atoms with van der Waals surface area (Å²) in [5.41, 5.74) is -2.01. The fourth-order valence-electron chi connectivity index (χ4n) is 3.00. The van der Waals surface area contributed by atoms with Crippen LogP contribution in [-0.4, -0.2) is 31.1 Å². The first-order valence-corrected chi connectivity index (χ1v) is 9.73. The summed E-state index contributed by atoms with van der Waals surface area (Å²) in [6.07, 6.45) is 1.87. The van der Waals surface area contributed by atoms with E-state index < -0.39 is 35.3 Å². The first-order valence-electron chi connectivity index (χ1n) is 9.73. The molecule has 0 spiro atoms. The van der Waals surface area contributed by atoms with E-state index in [4.69, 9.17) is 9.47 Å². The largest absolute Gasteiger partial charge is 0.549 e. The van der Waals surface area contributed by atoms with Gasteiger partial charge in [-0.2, -0.15) is 0 Å². The van der Waals surface area contributed by atoms with Gasteiger partial charge in [0, 0.05) is 18.6 Å². The van der Waals surface area contributed by atoms with Crippen LogP contribution in [0.3, 0.4) is 0 Å². The number of rotatable bonds is 15. The number of ether oxygens (including phenoxy) is 2. The number of carbonyl (C=O) groups excluding carboxylic acids is 3. The molecule has 29 heavy (non-hydrogen) atoms. The Labute approximate surface area is 171 Å². The molecular weight excluding hydrogens is 376 g/mol. The minimum absolute atomic E-state index is 0.0436. The van der Waals surface area contributed by atoms with Gasteiger partial charge in [-0.15, -0.1) is 0 Å². The molecule has 7 heteroatoms. The summed E-state index contributed by atoms with van der Waals surface area (Å²) in [5, 5.41) is 23.2. The van der Waals surface area contributed by atoms with E-state index in [1.54, 1.807) is 24.3 Å². The van der Waals surface area contributed by atoms with Crippen LogP contribution in [-0.2, 0) is 30.5 Å². The molecule has 1 atom stereocenters. The van der Waals surface area contributed by atoms with E-state index >= 15 is 0 Å². The first-order chi connectivity index (χ1) is 13.8. The van der Waals surface area contributed by atoms with Crippen LogP contribution in [0, 0.1) is 5.41 Å². The highest BCUT2D eigenvalue weighted by Gasteiger charge is 2.38. The lowest BCUT2D eigenvalue weighted by atomic mass is 9.73. The minimum atomic E-state index is -2.06. The van der Waals surface area contributed by atoms with Crippen LogP contribution in [0.25, 0.3) is 0 Å². The molecule has 0 saturated heterocycles. The van der Waals surface area contributed by atoms with Crippen molar-refractivity contribution in [2.24, 2.45) is 5.41 Å². The zero-order chi connectivity index (χ0) is 21.7. The van der Waals surface area contributed by atoms with Crippen LogP contribution < -0.4 is 10.2 Å². The van der Waals surface area contributed by atoms with Crippen LogP contribution in [0.15, 0.2) is 42.5 Å². The van der Waals surface area contributed by atoms with E-state index in [1.165, 1.54) is 0 Å². The van der Waals surface area contributed by atoms with E-state index in [9.17, 15) is 24.6 Å². The minimum Gasteiger partial charge on any atom is -0.549 e. The van der Waals surface area contributed by atoms with Crippen molar-refractivity contribution in [3.8, 4) is 0 Å². The Morgan fingerprint density at radius 1 is 1.03 bits per heavy atom. The van der Waals surface area contributed by atoms with Crippen LogP contribution in [0.2, 0.25) is 0 Å². The molecule has 0 aliphatic rings. The predicted molar refractivity (Wildman–Crippen MR) is 102 cm³/mol. The van der Waals surface area contributed by atoms with Gasteiger partial charge >= 0.3 is 5.97 Å². The lowest BCUT2D eigenvalue weighted by Crippen LogP contribution is -2.49. The first kappa shape index (κ1) is 24.4. The molecule has 7 nitrogen and oxygen atoms in total. The molecule has 0 fully saturated rings. The van der Waals surface area contributed by atoms with Crippen molar-refractivity contribution in [1.82, 2.24) is 0 Å². The number of hydrogen-bond acceptors (Lipinski definition) is 7. The van der Waals surface area contributed by atoms with Gasteiger partial charge < -0.3 is 29.3 Å². The summed E-state index contributed by atoms with van der Waals surface area (Å²) in [5.74, 6) is -4.23. The Bertz CT molecular complexity index is 684. The second kappa shape index (κ2) is 12.7. The van der Waals surface area contributed by atoms with E-state index in [-0.39, 0.29) is 13.0 Å². The van der Waals surface area contributed by atoms with E-state index in [1.807, 2.05) is 13.0 Å². The van der Waals surface area contributed by atoms with Gasteiger partial charge in [0.2, 0.25) is 0 Å². The molecule has 0 aliphatic heterocycles. The molecule has 0 N–H and O–H groups in total. The molecule has 0 heterocycles. The highest BCUT2D eigenvalue weighted by atomic mass is 16.5. The SMILES string of the molecule is C=C(C(=O)[O-])C(CCCCCCOCC)(CC(=O)OCc1ccccc1)C(=O)[O-]. The van der Waals surface area contributed by atoms with Crippen molar-refractivity contribution in [3.05, 3.63) is 48.0 Å². The summed E-state index contributed by atoms with van der Waals surface area (Å²) >= 11 is 0. The predicted octanol–water partition coefficient (Wildman–Crippen LogP) is 1.15. The molecule has 1 rings (SSSR count). The van der Waals surface area contributed by atoms with Crippen LogP contribution in [0.5, 0.6) is 0 Å². The van der Waals surface area contributed by atoms with Crippen molar-refractivity contribution in [2.75, 3.05) is 13.2 Å². The number of esters is 1. The maximum Gasteiger partial charge on any atom is 0.307 e. The lowest BCUT2D eigenvalue weighted by Gasteiger charge is -2.36. The Morgan fingerprint density at radius 3 is 2.28 bits per heavy atom. The number of hydrogen-bond donors (Lipinski definition) is 0. The van der Waals surface area contributed by atoms with E-state index in [2.05, 4.69) is 6.58 Å². The van der Waals surface area contributed by atoms with Crippen molar-refractivity contribution in [1.29, 1.82) is 0 Å². The second-order valence-electron chi connectivity index (χ2n) is 6.82. The molecule has 0 radical (unpaired) electrons. The topological polar surface area (TPSA) is 116 Å². The normalized spacial score (nSPS) is 12.7. The summed E-state index contributed by atoms with van der Waals surface area (Å²) in [7, 11) is 0. The molecule has 160 valence electrons. The molecular formula is C22H28O7-2. The van der Waals surface area contributed by atoms with Crippen LogP contribution in [0.4, 0.5) is 0 Å². The third-order valence-electron chi connectivity index (χ3n) is 4.75. The van der Waals surface area contributed by atoms with Crippen LogP contribution in [0.1, 0.15) is 51.0 Å². The third-order valence-corrected chi connectivity index (χ3v) is 4.75. The fraction of sp³-hybridized carbons (Fsp3) is 0.500. The highest BCUT2D eigenvalue weighted by molar-refractivity contribution is 5.96. The van der Waals surface area contributed by atoms with Crippen molar-refractivity contribution in [3.63, 3.8) is 0 Å². The molecule has 0 saturated carbocycles. The zero-order valence-corrected chi connectivity index (χ0v) is 16.8. The highest BCUT2D eigenvalue weighted by Crippen LogP contribution is 2.36. The summed E-state index contributed by atoms with van der Waals surface area (Å²) in [4.78, 5) is 35.5.